The highest BCUT2D eigenvalue weighted by atomic mass is 32.1. The molecule has 0 saturated heterocycles. The maximum absolute atomic E-state index is 13.3. The Morgan fingerprint density at radius 1 is 1.05 bits per heavy atom. The fourth-order valence-electron chi connectivity index (χ4n) is 4.81. The molecule has 1 aliphatic rings. The van der Waals surface area contributed by atoms with E-state index in [2.05, 4.69) is 46.0 Å². The summed E-state index contributed by atoms with van der Waals surface area (Å²) < 4.78 is 2.40. The monoisotopic (exact) mass is 537 g/mol. The Kier molecular flexibility index (Phi) is 7.88. The Hall–Kier alpha value is -4.24. The van der Waals surface area contributed by atoms with E-state index >= 15 is 0 Å². The van der Waals surface area contributed by atoms with Crippen LogP contribution in [0.2, 0.25) is 0 Å². The van der Waals surface area contributed by atoms with Gasteiger partial charge in [-0.2, -0.15) is 5.10 Å². The van der Waals surface area contributed by atoms with E-state index in [9.17, 15) is 4.79 Å². The Morgan fingerprint density at radius 3 is 2.56 bits per heavy atom. The normalized spacial score (nSPS) is 12.9. The van der Waals surface area contributed by atoms with Crippen LogP contribution in [0.3, 0.4) is 0 Å². The molecule has 0 radical (unpaired) electrons. The van der Waals surface area contributed by atoms with E-state index in [-0.39, 0.29) is 5.91 Å². The van der Waals surface area contributed by atoms with Crippen LogP contribution in [0.15, 0.2) is 71.8 Å². The minimum absolute atomic E-state index is 0.0343. The summed E-state index contributed by atoms with van der Waals surface area (Å²) in [6.45, 7) is 6.09. The number of hydrogen-bond donors (Lipinski definition) is 1. The molecule has 9 heteroatoms. The lowest BCUT2D eigenvalue weighted by atomic mass is 9.99. The van der Waals surface area contributed by atoms with Gasteiger partial charge in [-0.3, -0.25) is 14.8 Å². The van der Waals surface area contributed by atoms with Crippen molar-refractivity contribution in [3.8, 4) is 11.1 Å². The van der Waals surface area contributed by atoms with Crippen LogP contribution >= 0.6 is 12.2 Å². The molecule has 198 valence electrons. The zero-order chi connectivity index (χ0) is 27.4. The van der Waals surface area contributed by atoms with Crippen molar-refractivity contribution in [2.75, 3.05) is 13.1 Å². The number of aliphatic imine (C=N–C) groups is 1. The third-order valence-corrected chi connectivity index (χ3v) is 7.09. The van der Waals surface area contributed by atoms with Crippen LogP contribution in [0.25, 0.3) is 28.0 Å². The van der Waals surface area contributed by atoms with E-state index < -0.39 is 0 Å². The van der Waals surface area contributed by atoms with Gasteiger partial charge in [-0.15, -0.1) is 0 Å². The van der Waals surface area contributed by atoms with E-state index in [1.54, 1.807) is 23.3 Å². The van der Waals surface area contributed by atoms with Gasteiger partial charge in [0.1, 0.15) is 10.5 Å². The molecule has 1 amide bonds. The van der Waals surface area contributed by atoms with Gasteiger partial charge < -0.3 is 10.6 Å². The van der Waals surface area contributed by atoms with Crippen molar-refractivity contribution in [3.05, 3.63) is 82.7 Å². The molecule has 0 spiro atoms. The SMILES string of the molecule is CCCN(CCC)C(=O)C1=Cc2ccc(-c3ccc4c(=S)n(Cc5cnccn5)ncc4c3)cc2N=C(N)C1. The van der Waals surface area contributed by atoms with E-state index in [1.807, 2.05) is 41.4 Å². The number of amidine groups is 1. The molecule has 2 N–H and O–H groups in total. The highest BCUT2D eigenvalue weighted by Crippen LogP contribution is 2.33. The fraction of sp³-hybridized carbons (Fsp3) is 0.267. The van der Waals surface area contributed by atoms with Gasteiger partial charge in [-0.05, 0) is 42.2 Å². The summed E-state index contributed by atoms with van der Waals surface area (Å²) in [5, 5.41) is 6.45. The molecule has 1 aliphatic heterocycles. The second-order valence-corrected chi connectivity index (χ2v) is 10.0. The number of rotatable bonds is 8. The number of hydrogen-bond acceptors (Lipinski definition) is 7. The zero-order valence-electron chi connectivity index (χ0n) is 22.2. The first-order valence-electron chi connectivity index (χ1n) is 13.2. The van der Waals surface area contributed by atoms with Gasteiger partial charge in [0, 0.05) is 53.8 Å². The van der Waals surface area contributed by atoms with Crippen molar-refractivity contribution in [3.63, 3.8) is 0 Å². The second-order valence-electron chi connectivity index (χ2n) is 9.62. The van der Waals surface area contributed by atoms with E-state index in [0.29, 0.717) is 29.0 Å². The van der Waals surface area contributed by atoms with Crippen LogP contribution in [-0.4, -0.2) is 49.5 Å². The number of aromatic nitrogens is 4. The highest BCUT2D eigenvalue weighted by Gasteiger charge is 2.21. The molecule has 2 aromatic carbocycles. The standard InChI is InChI=1S/C30H31N7OS/c1-3-11-36(12-4-2)29(38)23-14-22-6-5-21(15-27(22)35-28(31)16-23)20-7-8-26-24(13-20)17-34-37(30(26)39)19-25-18-32-9-10-33-25/h5-10,13-15,17-18H,3-4,11-12,16,19H2,1-2H3,(H2,31,35). The first-order chi connectivity index (χ1) is 19.0. The third-order valence-electron chi connectivity index (χ3n) is 6.66. The zero-order valence-corrected chi connectivity index (χ0v) is 23.0. The van der Waals surface area contributed by atoms with Gasteiger partial charge in [0.25, 0.3) is 0 Å². The van der Waals surface area contributed by atoms with Gasteiger partial charge in [-0.25, -0.2) is 9.67 Å². The van der Waals surface area contributed by atoms with Crippen molar-refractivity contribution < 1.29 is 4.79 Å². The maximum atomic E-state index is 13.3. The lowest BCUT2D eigenvalue weighted by Gasteiger charge is -2.22. The van der Waals surface area contributed by atoms with Gasteiger partial charge >= 0.3 is 0 Å². The topological polar surface area (TPSA) is 102 Å². The van der Waals surface area contributed by atoms with E-state index in [0.717, 1.165) is 64.8 Å². The number of amides is 1. The van der Waals surface area contributed by atoms with E-state index in [1.165, 1.54) is 0 Å². The summed E-state index contributed by atoms with van der Waals surface area (Å²) in [6, 6.07) is 12.2. The number of benzene rings is 2. The smallest absolute Gasteiger partial charge is 0.250 e. The Balaban J connectivity index is 1.46. The predicted octanol–water partition coefficient (Wildman–Crippen LogP) is 5.70. The third kappa shape index (κ3) is 5.78. The summed E-state index contributed by atoms with van der Waals surface area (Å²) >= 11 is 5.73. The summed E-state index contributed by atoms with van der Waals surface area (Å²) in [5.74, 6) is 0.469. The number of nitrogens with two attached hydrogens (primary N) is 1. The van der Waals surface area contributed by atoms with Crippen molar-refractivity contribution >= 4 is 46.5 Å². The minimum atomic E-state index is 0.0343. The molecular weight excluding hydrogens is 506 g/mol. The lowest BCUT2D eigenvalue weighted by Crippen LogP contribution is -2.34. The minimum Gasteiger partial charge on any atom is -0.387 e. The number of carbonyl (C=O) groups is 1. The molecule has 4 aromatic rings. The first-order valence-corrected chi connectivity index (χ1v) is 13.6. The van der Waals surface area contributed by atoms with Crippen molar-refractivity contribution in [1.29, 1.82) is 0 Å². The number of nitrogens with zero attached hydrogens (tertiary/aromatic N) is 6. The molecule has 0 unspecified atom stereocenters. The molecule has 5 rings (SSSR count). The number of carbonyl (C=O) groups excluding carboxylic acids is 1. The average molecular weight is 538 g/mol. The second kappa shape index (κ2) is 11.7. The van der Waals surface area contributed by atoms with Crippen molar-refractivity contribution in [1.82, 2.24) is 24.6 Å². The molecule has 3 heterocycles. The largest absolute Gasteiger partial charge is 0.387 e. The van der Waals surface area contributed by atoms with Crippen LogP contribution < -0.4 is 5.73 Å². The van der Waals surface area contributed by atoms with Crippen LogP contribution in [-0.2, 0) is 11.3 Å². The number of fused-ring (bicyclic) bond motifs is 2. The Bertz CT molecular complexity index is 1640. The summed E-state index contributed by atoms with van der Waals surface area (Å²) in [4.78, 5) is 28.3. The quantitative estimate of drug-likeness (QED) is 0.290. The van der Waals surface area contributed by atoms with Gasteiger partial charge in [-0.1, -0.05) is 50.3 Å². The van der Waals surface area contributed by atoms with Crippen LogP contribution in [0.5, 0.6) is 0 Å². The average Bonchev–Trinajstić information content (AvgIpc) is 3.12. The molecular formula is C30H31N7OS. The molecule has 0 atom stereocenters. The molecule has 0 aliphatic carbocycles. The first kappa shape index (κ1) is 26.4. The van der Waals surface area contributed by atoms with Gasteiger partial charge in [0.15, 0.2) is 0 Å². The van der Waals surface area contributed by atoms with Crippen LogP contribution in [0.1, 0.15) is 44.4 Å². The molecule has 8 nitrogen and oxygen atoms in total. The molecule has 0 fully saturated rings. The Labute approximate surface area is 232 Å². The summed E-state index contributed by atoms with van der Waals surface area (Å²) in [5.41, 5.74) is 11.4. The van der Waals surface area contributed by atoms with E-state index in [4.69, 9.17) is 18.0 Å². The van der Waals surface area contributed by atoms with Crippen molar-refractivity contribution in [2.45, 2.75) is 39.7 Å². The van der Waals surface area contributed by atoms with Crippen LogP contribution in [0.4, 0.5) is 5.69 Å². The maximum Gasteiger partial charge on any atom is 0.250 e. The lowest BCUT2D eigenvalue weighted by molar-refractivity contribution is -0.127. The summed E-state index contributed by atoms with van der Waals surface area (Å²) in [7, 11) is 0. The molecule has 0 saturated carbocycles. The van der Waals surface area contributed by atoms with Gasteiger partial charge in [0.2, 0.25) is 5.91 Å². The van der Waals surface area contributed by atoms with Crippen LogP contribution in [0, 0.1) is 4.64 Å². The molecule has 39 heavy (non-hydrogen) atoms. The highest BCUT2D eigenvalue weighted by molar-refractivity contribution is 7.71. The van der Waals surface area contributed by atoms with Crippen molar-refractivity contribution in [2.24, 2.45) is 10.7 Å². The molecule has 2 aromatic heterocycles. The fourth-order valence-corrected chi connectivity index (χ4v) is 5.11. The molecule has 0 bridgehead atoms. The van der Waals surface area contributed by atoms with Gasteiger partial charge in [0.05, 0.1) is 30.3 Å². The predicted molar refractivity (Wildman–Crippen MR) is 158 cm³/mol. The summed E-state index contributed by atoms with van der Waals surface area (Å²) in [6.07, 6.45) is 10.9. The Morgan fingerprint density at radius 2 is 1.82 bits per heavy atom.